The van der Waals surface area contributed by atoms with Crippen LogP contribution in [0.25, 0.3) is 0 Å². The van der Waals surface area contributed by atoms with Crippen LogP contribution in [0.2, 0.25) is 0 Å². The molecule has 1 atom stereocenters. The fourth-order valence-corrected chi connectivity index (χ4v) is 12.7. The first-order valence-corrected chi connectivity index (χ1v) is 16.6. The van der Waals surface area contributed by atoms with Crippen molar-refractivity contribution >= 4 is 0 Å². The topological polar surface area (TPSA) is 12.0 Å². The second-order valence-corrected chi connectivity index (χ2v) is 15.8. The van der Waals surface area contributed by atoms with Gasteiger partial charge in [-0.05, 0) is 165 Å². The van der Waals surface area contributed by atoms with E-state index in [0.717, 1.165) is 35.5 Å². The first kappa shape index (κ1) is 23.1. The average molecular weight is 506 g/mol. The molecule has 1 heteroatoms. The van der Waals surface area contributed by atoms with E-state index < -0.39 is 0 Å². The lowest BCUT2D eigenvalue weighted by atomic mass is 9.48. The minimum Gasteiger partial charge on any atom is -0.313 e. The molecule has 1 aliphatic heterocycles. The van der Waals surface area contributed by atoms with E-state index in [1.54, 1.807) is 22.3 Å². The van der Waals surface area contributed by atoms with Gasteiger partial charge in [0, 0.05) is 12.0 Å². The highest BCUT2D eigenvalue weighted by Crippen LogP contribution is 2.62. The van der Waals surface area contributed by atoms with Gasteiger partial charge in [0.15, 0.2) is 0 Å². The Labute approximate surface area is 230 Å². The van der Waals surface area contributed by atoms with Crippen molar-refractivity contribution in [2.24, 2.45) is 35.5 Å². The average Bonchev–Trinajstić information content (AvgIpc) is 3.43. The van der Waals surface area contributed by atoms with Gasteiger partial charge in [0.05, 0.1) is 0 Å². The van der Waals surface area contributed by atoms with E-state index in [9.17, 15) is 0 Å². The van der Waals surface area contributed by atoms with Crippen LogP contribution in [0.3, 0.4) is 0 Å². The third-order valence-corrected chi connectivity index (χ3v) is 13.3. The van der Waals surface area contributed by atoms with Crippen LogP contribution in [-0.4, -0.2) is 12.6 Å². The van der Waals surface area contributed by atoms with Crippen LogP contribution in [0.4, 0.5) is 0 Å². The van der Waals surface area contributed by atoms with Gasteiger partial charge >= 0.3 is 0 Å². The third-order valence-electron chi connectivity index (χ3n) is 13.3. The molecule has 0 amide bonds. The first-order chi connectivity index (χ1) is 18.6. The Morgan fingerprint density at radius 1 is 0.526 bits per heavy atom. The molecule has 1 heterocycles. The van der Waals surface area contributed by atoms with Crippen LogP contribution >= 0.6 is 0 Å². The molecular formula is C37H47N. The molecule has 0 spiro atoms. The standard InChI is InChI=1S/C37H47N/c1-2-34(38-11-1)35(30-3-7-32(8-4-30)36-18-24-12-25(19-36)14-26(13-24)20-36)31-5-9-33(10-6-31)37-21-27-15-28(22-37)17-29(16-27)23-37/h3-10,24-29,34-35,38H,1-2,11-23H2/t24?,25?,26?,27?,28?,29?,34-,35?,36?,37?/m0/s1. The summed E-state index contributed by atoms with van der Waals surface area (Å²) in [5.41, 5.74) is 7.45. The van der Waals surface area contributed by atoms with Gasteiger partial charge in [0.2, 0.25) is 0 Å². The highest BCUT2D eigenvalue weighted by Gasteiger charge is 2.52. The Morgan fingerprint density at radius 3 is 1.21 bits per heavy atom. The van der Waals surface area contributed by atoms with E-state index >= 15 is 0 Å². The Morgan fingerprint density at radius 2 is 0.895 bits per heavy atom. The third kappa shape index (κ3) is 3.59. The van der Waals surface area contributed by atoms with Gasteiger partial charge < -0.3 is 5.32 Å². The summed E-state index contributed by atoms with van der Waals surface area (Å²) in [5.74, 6) is 6.58. The lowest BCUT2D eigenvalue weighted by Crippen LogP contribution is -2.48. The highest BCUT2D eigenvalue weighted by atomic mass is 14.9. The van der Waals surface area contributed by atoms with E-state index in [0.29, 0.717) is 22.8 Å². The zero-order valence-corrected chi connectivity index (χ0v) is 23.3. The summed E-state index contributed by atoms with van der Waals surface area (Å²) in [6.45, 7) is 1.18. The molecule has 8 bridgehead atoms. The summed E-state index contributed by atoms with van der Waals surface area (Å²) in [4.78, 5) is 0. The van der Waals surface area contributed by atoms with Crippen LogP contribution in [0.15, 0.2) is 48.5 Å². The lowest BCUT2D eigenvalue weighted by Gasteiger charge is -2.57. The zero-order chi connectivity index (χ0) is 24.9. The molecule has 200 valence electrons. The number of nitrogens with one attached hydrogen (secondary N) is 1. The van der Waals surface area contributed by atoms with Gasteiger partial charge in [-0.1, -0.05) is 48.5 Å². The number of rotatable bonds is 5. The van der Waals surface area contributed by atoms with Crippen molar-refractivity contribution in [3.05, 3.63) is 70.8 Å². The zero-order valence-electron chi connectivity index (χ0n) is 23.3. The molecule has 0 unspecified atom stereocenters. The van der Waals surface area contributed by atoms with Crippen molar-refractivity contribution in [2.45, 2.75) is 113 Å². The smallest absolute Gasteiger partial charge is 0.0243 e. The van der Waals surface area contributed by atoms with Crippen molar-refractivity contribution in [1.82, 2.24) is 5.32 Å². The Kier molecular flexibility index (Phi) is 5.15. The van der Waals surface area contributed by atoms with Crippen LogP contribution in [0.1, 0.15) is 118 Å². The largest absolute Gasteiger partial charge is 0.313 e. The molecule has 2 aromatic rings. The quantitative estimate of drug-likeness (QED) is 0.429. The summed E-state index contributed by atoms with van der Waals surface area (Å²) in [7, 11) is 0. The predicted octanol–water partition coefficient (Wildman–Crippen LogP) is 8.51. The highest BCUT2D eigenvalue weighted by molar-refractivity contribution is 5.41. The van der Waals surface area contributed by atoms with Crippen molar-refractivity contribution in [3.63, 3.8) is 0 Å². The maximum Gasteiger partial charge on any atom is 0.0243 e. The predicted molar refractivity (Wildman–Crippen MR) is 155 cm³/mol. The molecule has 1 nitrogen and oxygen atoms in total. The second kappa shape index (κ2) is 8.45. The van der Waals surface area contributed by atoms with E-state index in [1.165, 1.54) is 96.4 Å². The van der Waals surface area contributed by atoms with Gasteiger partial charge in [-0.15, -0.1) is 0 Å². The number of hydrogen-bond acceptors (Lipinski definition) is 1. The summed E-state index contributed by atoms with van der Waals surface area (Å²) >= 11 is 0. The SMILES string of the molecule is c1cc(C23CC4CC(CC(C4)C2)C3)ccc1C(c1ccc(C23CC4CC(CC(C4)C2)C3)cc1)[C@@H]1CCCN1. The molecular weight excluding hydrogens is 458 g/mol. The van der Waals surface area contributed by atoms with Gasteiger partial charge in [-0.25, -0.2) is 0 Å². The van der Waals surface area contributed by atoms with Crippen LogP contribution in [0, 0.1) is 35.5 Å². The van der Waals surface area contributed by atoms with Gasteiger partial charge in [-0.3, -0.25) is 0 Å². The van der Waals surface area contributed by atoms with Gasteiger partial charge in [0.25, 0.3) is 0 Å². The Hall–Kier alpha value is -1.60. The molecule has 0 radical (unpaired) electrons. The minimum absolute atomic E-state index is 0.480. The number of hydrogen-bond donors (Lipinski definition) is 1. The lowest BCUT2D eigenvalue weighted by molar-refractivity contribution is -0.00530. The normalized spacial score (nSPS) is 45.1. The van der Waals surface area contributed by atoms with Gasteiger partial charge in [0.1, 0.15) is 0 Å². The molecule has 8 saturated carbocycles. The Balaban J connectivity index is 1.02. The second-order valence-electron chi connectivity index (χ2n) is 15.8. The summed E-state index contributed by atoms with van der Waals surface area (Å²) in [5, 5.41) is 3.90. The fourth-order valence-electron chi connectivity index (χ4n) is 12.7. The molecule has 11 rings (SSSR count). The van der Waals surface area contributed by atoms with Crippen molar-refractivity contribution in [1.29, 1.82) is 0 Å². The summed E-state index contributed by atoms with van der Waals surface area (Å²) in [6, 6.07) is 21.1. The Bertz CT molecular complexity index is 1020. The molecule has 1 saturated heterocycles. The van der Waals surface area contributed by atoms with Crippen molar-refractivity contribution in [2.75, 3.05) is 6.54 Å². The minimum atomic E-state index is 0.480. The monoisotopic (exact) mass is 505 g/mol. The van der Waals surface area contributed by atoms with E-state index in [4.69, 9.17) is 0 Å². The van der Waals surface area contributed by atoms with E-state index in [1.807, 2.05) is 0 Å². The first-order valence-electron chi connectivity index (χ1n) is 16.6. The van der Waals surface area contributed by atoms with E-state index in [-0.39, 0.29) is 0 Å². The van der Waals surface area contributed by atoms with Crippen LogP contribution in [-0.2, 0) is 10.8 Å². The number of benzene rings is 2. The van der Waals surface area contributed by atoms with Crippen LogP contribution < -0.4 is 5.32 Å². The molecule has 38 heavy (non-hydrogen) atoms. The van der Waals surface area contributed by atoms with E-state index in [2.05, 4.69) is 53.8 Å². The van der Waals surface area contributed by atoms with Gasteiger partial charge in [-0.2, -0.15) is 0 Å². The van der Waals surface area contributed by atoms with Crippen molar-refractivity contribution in [3.8, 4) is 0 Å². The summed E-state index contributed by atoms with van der Waals surface area (Å²) in [6.07, 6.45) is 20.6. The molecule has 8 aliphatic carbocycles. The fraction of sp³-hybridized carbons (Fsp3) is 0.676. The molecule has 1 N–H and O–H groups in total. The maximum atomic E-state index is 3.90. The molecule has 9 fully saturated rings. The van der Waals surface area contributed by atoms with Crippen molar-refractivity contribution < 1.29 is 0 Å². The molecule has 2 aromatic carbocycles. The molecule has 9 aliphatic rings. The summed E-state index contributed by atoms with van der Waals surface area (Å²) < 4.78 is 0. The van der Waals surface area contributed by atoms with Crippen LogP contribution in [0.5, 0.6) is 0 Å². The molecule has 0 aromatic heterocycles. The maximum absolute atomic E-state index is 3.90.